The molecule has 2 aromatic heterocycles. The van der Waals surface area contributed by atoms with Gasteiger partial charge >= 0.3 is 0 Å². The standard InChI is InChI=1S/C16H16ClN3O2S2/c1-9(2)13-8-23-16(19-13)10-7-18-11-5-4-6-12(14(11)15(10)17)20-24(3,21)22/h4-9,20H,1-3H3. The second-order valence-electron chi connectivity index (χ2n) is 5.79. The molecule has 0 saturated heterocycles. The molecule has 0 aliphatic carbocycles. The van der Waals surface area contributed by atoms with E-state index in [-0.39, 0.29) is 0 Å². The Morgan fingerprint density at radius 1 is 1.29 bits per heavy atom. The second-order valence-corrected chi connectivity index (χ2v) is 8.78. The van der Waals surface area contributed by atoms with E-state index >= 15 is 0 Å². The second kappa shape index (κ2) is 6.31. The van der Waals surface area contributed by atoms with Crippen LogP contribution < -0.4 is 4.72 Å². The van der Waals surface area contributed by atoms with Crippen LogP contribution in [-0.4, -0.2) is 24.6 Å². The largest absolute Gasteiger partial charge is 0.283 e. The van der Waals surface area contributed by atoms with Crippen LogP contribution in [0.2, 0.25) is 5.02 Å². The molecule has 0 aliphatic rings. The summed E-state index contributed by atoms with van der Waals surface area (Å²) in [5.41, 5.74) is 2.73. The first-order valence-corrected chi connectivity index (χ1v) is 10.4. The molecular weight excluding hydrogens is 366 g/mol. The molecule has 3 rings (SSSR count). The lowest BCUT2D eigenvalue weighted by molar-refractivity contribution is 0.607. The summed E-state index contributed by atoms with van der Waals surface area (Å²) in [6.07, 6.45) is 2.78. The number of hydrogen-bond acceptors (Lipinski definition) is 5. The van der Waals surface area contributed by atoms with E-state index in [0.29, 0.717) is 33.1 Å². The maximum absolute atomic E-state index is 11.6. The number of nitrogens with zero attached hydrogens (tertiary/aromatic N) is 2. The fraction of sp³-hybridized carbons (Fsp3) is 0.250. The molecule has 0 bridgehead atoms. The molecule has 2 heterocycles. The van der Waals surface area contributed by atoms with Crippen molar-refractivity contribution in [1.29, 1.82) is 0 Å². The Labute approximate surface area is 149 Å². The van der Waals surface area contributed by atoms with Gasteiger partial charge in [-0.15, -0.1) is 11.3 Å². The van der Waals surface area contributed by atoms with E-state index in [2.05, 4.69) is 28.5 Å². The van der Waals surface area contributed by atoms with E-state index < -0.39 is 10.0 Å². The minimum atomic E-state index is -3.42. The van der Waals surface area contributed by atoms with Gasteiger partial charge in [0.15, 0.2) is 0 Å². The van der Waals surface area contributed by atoms with Crippen molar-refractivity contribution < 1.29 is 8.42 Å². The lowest BCUT2D eigenvalue weighted by Gasteiger charge is -2.11. The van der Waals surface area contributed by atoms with Gasteiger partial charge in [-0.3, -0.25) is 9.71 Å². The molecular formula is C16H16ClN3O2S2. The van der Waals surface area contributed by atoms with Gasteiger partial charge in [0, 0.05) is 22.5 Å². The van der Waals surface area contributed by atoms with E-state index in [1.165, 1.54) is 11.3 Å². The zero-order chi connectivity index (χ0) is 17.5. The normalized spacial score (nSPS) is 12.0. The number of pyridine rings is 1. The van der Waals surface area contributed by atoms with Crippen molar-refractivity contribution in [2.75, 3.05) is 11.0 Å². The zero-order valence-electron chi connectivity index (χ0n) is 13.4. The van der Waals surface area contributed by atoms with Crippen LogP contribution in [-0.2, 0) is 10.0 Å². The number of aromatic nitrogens is 2. The third kappa shape index (κ3) is 3.38. The molecule has 0 saturated carbocycles. The van der Waals surface area contributed by atoms with Crippen LogP contribution in [0.1, 0.15) is 25.5 Å². The molecule has 0 aliphatic heterocycles. The van der Waals surface area contributed by atoms with Crippen molar-refractivity contribution >= 4 is 49.6 Å². The smallest absolute Gasteiger partial charge is 0.229 e. The first kappa shape index (κ1) is 17.1. The average Bonchev–Trinajstić information content (AvgIpc) is 2.96. The van der Waals surface area contributed by atoms with E-state index in [0.717, 1.165) is 17.0 Å². The van der Waals surface area contributed by atoms with Crippen LogP contribution in [0.3, 0.4) is 0 Å². The lowest BCUT2D eigenvalue weighted by atomic mass is 10.1. The van der Waals surface area contributed by atoms with Crippen molar-refractivity contribution in [2.24, 2.45) is 0 Å². The number of rotatable bonds is 4. The molecule has 126 valence electrons. The van der Waals surface area contributed by atoms with Gasteiger partial charge < -0.3 is 0 Å². The predicted octanol–water partition coefficient (Wildman–Crippen LogP) is 4.51. The van der Waals surface area contributed by atoms with Crippen molar-refractivity contribution in [3.63, 3.8) is 0 Å². The van der Waals surface area contributed by atoms with Crippen molar-refractivity contribution in [3.8, 4) is 10.6 Å². The van der Waals surface area contributed by atoms with E-state index in [1.807, 2.05) is 5.38 Å². The molecule has 0 amide bonds. The first-order valence-electron chi connectivity index (χ1n) is 7.27. The summed E-state index contributed by atoms with van der Waals surface area (Å²) in [6, 6.07) is 5.20. The number of hydrogen-bond donors (Lipinski definition) is 1. The minimum absolute atomic E-state index is 0.324. The minimum Gasteiger partial charge on any atom is -0.283 e. The van der Waals surface area contributed by atoms with Gasteiger partial charge in [-0.25, -0.2) is 13.4 Å². The summed E-state index contributed by atoms with van der Waals surface area (Å²) >= 11 is 8.09. The fourth-order valence-corrected chi connectivity index (χ4v) is 4.27. The van der Waals surface area contributed by atoms with Crippen LogP contribution in [0.25, 0.3) is 21.5 Å². The summed E-state index contributed by atoms with van der Waals surface area (Å²) in [4.78, 5) is 9.02. The zero-order valence-corrected chi connectivity index (χ0v) is 15.8. The maximum atomic E-state index is 11.6. The van der Waals surface area contributed by atoms with Gasteiger partial charge in [-0.1, -0.05) is 31.5 Å². The summed E-state index contributed by atoms with van der Waals surface area (Å²) in [5.74, 6) is 0.324. The van der Waals surface area contributed by atoms with Crippen LogP contribution in [0, 0.1) is 0 Å². The van der Waals surface area contributed by atoms with Crippen LogP contribution >= 0.6 is 22.9 Å². The van der Waals surface area contributed by atoms with E-state index in [1.54, 1.807) is 24.4 Å². The number of benzene rings is 1. The molecule has 8 heteroatoms. The molecule has 0 fully saturated rings. The van der Waals surface area contributed by atoms with Gasteiger partial charge in [0.2, 0.25) is 10.0 Å². The number of anilines is 1. The van der Waals surface area contributed by atoms with Crippen LogP contribution in [0.5, 0.6) is 0 Å². The molecule has 24 heavy (non-hydrogen) atoms. The highest BCUT2D eigenvalue weighted by molar-refractivity contribution is 7.92. The Bertz CT molecular complexity index is 1010. The highest BCUT2D eigenvalue weighted by atomic mass is 35.5. The molecule has 0 atom stereocenters. The molecule has 1 N–H and O–H groups in total. The number of nitrogens with one attached hydrogen (secondary N) is 1. The number of fused-ring (bicyclic) bond motifs is 1. The quantitative estimate of drug-likeness (QED) is 0.721. The third-order valence-corrected chi connectivity index (χ3v) is 5.35. The van der Waals surface area contributed by atoms with Crippen molar-refractivity contribution in [1.82, 2.24) is 9.97 Å². The Kier molecular flexibility index (Phi) is 4.50. The molecule has 5 nitrogen and oxygen atoms in total. The molecule has 0 unspecified atom stereocenters. The molecule has 0 radical (unpaired) electrons. The monoisotopic (exact) mass is 381 g/mol. The van der Waals surface area contributed by atoms with Gasteiger partial charge in [0.25, 0.3) is 0 Å². The number of halogens is 1. The molecule has 0 spiro atoms. The highest BCUT2D eigenvalue weighted by Crippen LogP contribution is 2.38. The van der Waals surface area contributed by atoms with Gasteiger partial charge in [0.05, 0.1) is 28.2 Å². The Hall–Kier alpha value is -1.70. The van der Waals surface area contributed by atoms with Gasteiger partial charge in [0.1, 0.15) is 5.01 Å². The van der Waals surface area contributed by atoms with Crippen LogP contribution in [0.4, 0.5) is 5.69 Å². The van der Waals surface area contributed by atoms with Gasteiger partial charge in [-0.05, 0) is 18.1 Å². The van der Waals surface area contributed by atoms with Crippen LogP contribution in [0.15, 0.2) is 29.8 Å². The summed E-state index contributed by atoms with van der Waals surface area (Å²) < 4.78 is 25.7. The third-order valence-electron chi connectivity index (χ3n) is 3.47. The Morgan fingerprint density at radius 3 is 2.67 bits per heavy atom. The fourth-order valence-electron chi connectivity index (χ4n) is 2.31. The topological polar surface area (TPSA) is 72.0 Å². The maximum Gasteiger partial charge on any atom is 0.229 e. The lowest BCUT2D eigenvalue weighted by Crippen LogP contribution is -2.10. The predicted molar refractivity (Wildman–Crippen MR) is 100 cm³/mol. The SMILES string of the molecule is CC(C)c1csc(-c2cnc3cccc(NS(C)(=O)=O)c3c2Cl)n1. The number of sulfonamides is 1. The summed E-state index contributed by atoms with van der Waals surface area (Å²) in [7, 11) is -3.42. The van der Waals surface area contributed by atoms with Crippen molar-refractivity contribution in [3.05, 3.63) is 40.5 Å². The summed E-state index contributed by atoms with van der Waals surface area (Å²) in [6.45, 7) is 4.15. The molecule has 3 aromatic rings. The number of thiazole rings is 1. The Morgan fingerprint density at radius 2 is 2.04 bits per heavy atom. The summed E-state index contributed by atoms with van der Waals surface area (Å²) in [5, 5.41) is 3.79. The Balaban J connectivity index is 2.20. The average molecular weight is 382 g/mol. The first-order chi connectivity index (χ1) is 11.3. The van der Waals surface area contributed by atoms with Gasteiger partial charge in [-0.2, -0.15) is 0 Å². The van der Waals surface area contributed by atoms with Crippen molar-refractivity contribution in [2.45, 2.75) is 19.8 Å². The molecule has 1 aromatic carbocycles. The highest BCUT2D eigenvalue weighted by Gasteiger charge is 2.17. The van der Waals surface area contributed by atoms with E-state index in [4.69, 9.17) is 11.6 Å². The van der Waals surface area contributed by atoms with E-state index in [9.17, 15) is 8.42 Å².